The molecule has 0 aliphatic carbocycles. The summed E-state index contributed by atoms with van der Waals surface area (Å²) in [4.78, 5) is 2.19. The van der Waals surface area contributed by atoms with Crippen molar-refractivity contribution in [2.75, 3.05) is 44.4 Å². The Hall–Kier alpha value is -2.58. The average molecular weight is 583 g/mol. The molecule has 0 saturated heterocycles. The van der Waals surface area contributed by atoms with Crippen molar-refractivity contribution in [3.05, 3.63) is 36.4 Å². The van der Waals surface area contributed by atoms with Gasteiger partial charge in [0.2, 0.25) is 11.4 Å². The molecule has 0 aromatic heterocycles. The zero-order valence-corrected chi connectivity index (χ0v) is 25.2. The summed E-state index contributed by atoms with van der Waals surface area (Å²) in [5, 5.41) is 0. The first kappa shape index (κ1) is 28.9. The topological polar surface area (TPSA) is 43.2 Å². The lowest BCUT2D eigenvalue weighted by Crippen LogP contribution is -2.34. The molecule has 0 amide bonds. The summed E-state index contributed by atoms with van der Waals surface area (Å²) in [6.45, 7) is 4.07. The lowest BCUT2D eigenvalue weighted by atomic mass is 10.1. The van der Waals surface area contributed by atoms with E-state index in [4.69, 9.17) is 43.8 Å². The van der Waals surface area contributed by atoms with Crippen molar-refractivity contribution in [3.63, 3.8) is 0 Å². The third kappa shape index (κ3) is 7.19. The van der Waals surface area contributed by atoms with Crippen LogP contribution in [0.15, 0.2) is 36.4 Å². The number of ether oxygens (including phenoxy) is 4. The fourth-order valence-electron chi connectivity index (χ4n) is 5.77. The van der Waals surface area contributed by atoms with Crippen LogP contribution >= 0.6 is 12.2 Å². The van der Waals surface area contributed by atoms with Gasteiger partial charge in [0.15, 0.2) is 23.0 Å². The maximum absolute atomic E-state index is 6.44. The molecule has 0 spiro atoms. The Morgan fingerprint density at radius 2 is 1.02 bits per heavy atom. The van der Waals surface area contributed by atoms with Crippen LogP contribution in [0.25, 0.3) is 0 Å². The second kappa shape index (κ2) is 14.9. The highest BCUT2D eigenvalue weighted by Crippen LogP contribution is 2.43. The van der Waals surface area contributed by atoms with E-state index in [0.29, 0.717) is 43.7 Å². The molecule has 3 aliphatic heterocycles. The van der Waals surface area contributed by atoms with Crippen molar-refractivity contribution in [2.45, 2.75) is 77.0 Å². The molecule has 3 aliphatic rings. The molecule has 40 heavy (non-hydrogen) atoms. The number of thiocarbonyl (C=S) groups is 1. The molecule has 216 valence electrons. The predicted molar refractivity (Wildman–Crippen MR) is 167 cm³/mol. The summed E-state index contributed by atoms with van der Waals surface area (Å²) < 4.78 is 28.3. The zero-order chi connectivity index (χ0) is 27.6. The van der Waals surface area contributed by atoms with Gasteiger partial charge in [-0.2, -0.15) is 0 Å². The number of anilines is 1. The second-order valence-corrected chi connectivity index (χ2v) is 11.8. The number of rotatable bonds is 1. The normalized spacial score (nSPS) is 19.6. The summed E-state index contributed by atoms with van der Waals surface area (Å²) in [6, 6.07) is 12.2. The van der Waals surface area contributed by atoms with Gasteiger partial charge in [0.05, 0.1) is 26.4 Å². The van der Waals surface area contributed by atoms with Gasteiger partial charge >= 0.3 is 0 Å². The van der Waals surface area contributed by atoms with E-state index in [1.165, 1.54) is 25.7 Å². The van der Waals surface area contributed by atoms with Crippen molar-refractivity contribution in [3.8, 4) is 23.0 Å². The molecule has 4 bridgehead atoms. The number of hydrogen-bond acceptors (Lipinski definition) is 7. The predicted octanol–water partition coefficient (Wildman–Crippen LogP) is 7.35. The van der Waals surface area contributed by atoms with Crippen molar-refractivity contribution >= 4 is 46.3 Å². The van der Waals surface area contributed by atoms with Crippen LogP contribution in [0.2, 0.25) is 0 Å². The summed E-state index contributed by atoms with van der Waals surface area (Å²) in [5.74, 6) is 4.02. The molecule has 0 N–H and O–H groups in total. The Morgan fingerprint density at radius 1 is 0.625 bits per heavy atom. The fraction of sp³-hybridized carbons (Fsp3) is 0.562. The molecule has 0 saturated carbocycles. The first-order chi connectivity index (χ1) is 19.7. The van der Waals surface area contributed by atoms with Crippen molar-refractivity contribution < 1.29 is 23.5 Å². The Morgan fingerprint density at radius 3 is 1.48 bits per heavy atom. The van der Waals surface area contributed by atoms with Crippen LogP contribution in [0, 0.1) is 0 Å². The molecule has 0 atom stereocenters. The minimum atomic E-state index is 0.398. The largest absolute Gasteiger partial charge is 0.489 e. The summed E-state index contributed by atoms with van der Waals surface area (Å²) in [5.41, 5.74) is 1.81. The van der Waals surface area contributed by atoms with Crippen LogP contribution in [0.1, 0.15) is 77.0 Å². The number of para-hydroxylation sites is 2. The standard InChI is InChI=1S/C32H42N2O4S2/c39-32(40)31-33-19-20-34(31)30-26-16-14-18-28(30)38-24-12-8-4-3-7-11-23-37-27-17-13-15-25(29(27)33)35-21-9-5-1-2-6-10-22-36-26/h13-18H,1-12,19-24H2. The molecule has 6 nitrogen and oxygen atoms in total. The van der Waals surface area contributed by atoms with Crippen molar-refractivity contribution in [1.29, 1.82) is 0 Å². The van der Waals surface area contributed by atoms with E-state index in [9.17, 15) is 0 Å². The van der Waals surface area contributed by atoms with E-state index >= 15 is 0 Å². The highest BCUT2D eigenvalue weighted by Gasteiger charge is 2.39. The van der Waals surface area contributed by atoms with E-state index in [0.717, 1.165) is 91.6 Å². The SMILES string of the molecule is S=C([S-])C1=[N+]2CCN1c1c3cccc1OCCCCCCCCOc1cccc(c12)OCCCCCCCCO3. The molecule has 2 aromatic rings. The molecular weight excluding hydrogens is 540 g/mol. The van der Waals surface area contributed by atoms with Crippen LogP contribution in [0.5, 0.6) is 23.0 Å². The molecule has 0 fully saturated rings. The third-order valence-electron chi connectivity index (χ3n) is 7.81. The van der Waals surface area contributed by atoms with E-state index < -0.39 is 0 Å². The van der Waals surface area contributed by atoms with Gasteiger partial charge in [-0.05, 0) is 54.1 Å². The Kier molecular flexibility index (Phi) is 10.8. The minimum Gasteiger partial charge on any atom is -0.489 e. The van der Waals surface area contributed by atoms with Gasteiger partial charge in [-0.1, -0.05) is 63.5 Å². The number of hydrogen-bond donors (Lipinski definition) is 0. The third-order valence-corrected chi connectivity index (χ3v) is 8.18. The van der Waals surface area contributed by atoms with E-state index in [1.54, 1.807) is 0 Å². The van der Waals surface area contributed by atoms with Crippen LogP contribution in [0.3, 0.4) is 0 Å². The van der Waals surface area contributed by atoms with Crippen molar-refractivity contribution in [1.82, 2.24) is 0 Å². The quantitative estimate of drug-likeness (QED) is 0.198. The number of amidine groups is 1. The number of nitrogens with zero attached hydrogens (tertiary/aromatic N) is 2. The van der Waals surface area contributed by atoms with Gasteiger partial charge in [0, 0.05) is 0 Å². The summed E-state index contributed by atoms with van der Waals surface area (Å²) in [7, 11) is 0. The minimum absolute atomic E-state index is 0.398. The monoisotopic (exact) mass is 582 g/mol. The van der Waals surface area contributed by atoms with Gasteiger partial charge in [0.1, 0.15) is 13.1 Å². The van der Waals surface area contributed by atoms with E-state index in [1.807, 2.05) is 36.4 Å². The van der Waals surface area contributed by atoms with E-state index in [2.05, 4.69) is 9.48 Å². The maximum atomic E-state index is 6.44. The molecule has 2 aromatic carbocycles. The Balaban J connectivity index is 1.65. The Bertz CT molecular complexity index is 1130. The zero-order valence-electron chi connectivity index (χ0n) is 23.5. The van der Waals surface area contributed by atoms with Gasteiger partial charge in [0.25, 0.3) is 5.84 Å². The second-order valence-electron chi connectivity index (χ2n) is 10.8. The summed E-state index contributed by atoms with van der Waals surface area (Å²) in [6.07, 6.45) is 13.5. The van der Waals surface area contributed by atoms with E-state index in [-0.39, 0.29) is 0 Å². The molecule has 3 heterocycles. The maximum Gasteiger partial charge on any atom is 0.270 e. The van der Waals surface area contributed by atoms with Crippen LogP contribution in [-0.2, 0) is 12.6 Å². The lowest BCUT2D eigenvalue weighted by molar-refractivity contribution is -0.428. The van der Waals surface area contributed by atoms with Crippen molar-refractivity contribution in [2.24, 2.45) is 0 Å². The van der Waals surface area contributed by atoms with Gasteiger partial charge in [-0.25, -0.2) is 9.48 Å². The summed E-state index contributed by atoms with van der Waals surface area (Å²) >= 11 is 11.5. The fourth-order valence-corrected chi connectivity index (χ4v) is 6.21. The highest BCUT2D eigenvalue weighted by molar-refractivity contribution is 8.03. The number of benzene rings is 2. The average Bonchev–Trinajstić information content (AvgIpc) is 3.39. The first-order valence-electron chi connectivity index (χ1n) is 15.1. The van der Waals surface area contributed by atoms with Gasteiger partial charge in [-0.15, -0.1) is 0 Å². The van der Waals surface area contributed by atoms with Gasteiger partial charge < -0.3 is 43.8 Å². The molecular formula is C32H42N2O4S2. The first-order valence-corrected chi connectivity index (χ1v) is 16.0. The van der Waals surface area contributed by atoms with Crippen LogP contribution < -0.4 is 23.8 Å². The van der Waals surface area contributed by atoms with Crippen LogP contribution in [-0.4, -0.2) is 54.1 Å². The lowest BCUT2D eigenvalue weighted by Gasteiger charge is -2.22. The Labute approximate surface area is 250 Å². The molecule has 8 heteroatoms. The van der Waals surface area contributed by atoms with Crippen LogP contribution in [0.4, 0.5) is 11.4 Å². The molecule has 5 rings (SSSR count). The molecule has 0 radical (unpaired) electrons. The van der Waals surface area contributed by atoms with Gasteiger partial charge in [-0.3, -0.25) is 0 Å². The highest BCUT2D eigenvalue weighted by atomic mass is 32.1. The smallest absolute Gasteiger partial charge is 0.270 e. The molecule has 0 unspecified atom stereocenters.